The summed E-state index contributed by atoms with van der Waals surface area (Å²) in [6.07, 6.45) is 4.23. The van der Waals surface area contributed by atoms with Crippen molar-refractivity contribution in [1.82, 2.24) is 4.57 Å². The average molecular weight is 450 g/mol. The van der Waals surface area contributed by atoms with E-state index < -0.39 is 11.4 Å². The minimum atomic E-state index is -1.20. The third kappa shape index (κ3) is 4.65. The number of aromatic nitrogens is 1. The Hall–Kier alpha value is -3.54. The molecule has 0 unspecified atom stereocenters. The van der Waals surface area contributed by atoms with Crippen LogP contribution in [0.25, 0.3) is 22.4 Å². The van der Waals surface area contributed by atoms with E-state index in [1.165, 1.54) is 18.7 Å². The first-order chi connectivity index (χ1) is 15.9. The number of aromatic carboxylic acids is 1. The van der Waals surface area contributed by atoms with Gasteiger partial charge in [0.1, 0.15) is 17.1 Å². The molecule has 1 aliphatic rings. The largest absolute Gasteiger partial charge is 0.497 e. The third-order valence-corrected chi connectivity index (χ3v) is 5.69. The number of aryl methyl sites for hydroxylation is 1. The Morgan fingerprint density at radius 1 is 1.03 bits per heavy atom. The van der Waals surface area contributed by atoms with Gasteiger partial charge < -0.3 is 19.1 Å². The SMILES string of the molecule is CCC.CCc1c2c(cc(-c3ccc(OC)cc3)c1OC)-c1cc(=O)c(C(=O)O)cn1CC2. The summed E-state index contributed by atoms with van der Waals surface area (Å²) in [5.74, 6) is 0.396. The molecule has 1 aliphatic heterocycles. The second kappa shape index (κ2) is 10.4. The fourth-order valence-corrected chi connectivity index (χ4v) is 4.25. The molecular formula is C27H31NO5. The van der Waals surface area contributed by atoms with E-state index in [0.717, 1.165) is 57.9 Å². The van der Waals surface area contributed by atoms with Crippen LogP contribution in [0.1, 0.15) is 48.7 Å². The average Bonchev–Trinajstić information content (AvgIpc) is 2.82. The van der Waals surface area contributed by atoms with Crippen LogP contribution in [0.3, 0.4) is 0 Å². The van der Waals surface area contributed by atoms with Crippen LogP contribution in [0, 0.1) is 0 Å². The Morgan fingerprint density at radius 2 is 1.70 bits per heavy atom. The molecule has 0 fully saturated rings. The normalized spacial score (nSPS) is 11.5. The van der Waals surface area contributed by atoms with E-state index in [1.54, 1.807) is 14.2 Å². The Labute approximate surface area is 194 Å². The van der Waals surface area contributed by atoms with Crippen LogP contribution in [-0.4, -0.2) is 29.9 Å². The molecule has 0 radical (unpaired) electrons. The molecule has 174 valence electrons. The van der Waals surface area contributed by atoms with Crippen LogP contribution in [0.4, 0.5) is 0 Å². The van der Waals surface area contributed by atoms with Crippen LogP contribution in [-0.2, 0) is 19.4 Å². The number of hydrogen-bond acceptors (Lipinski definition) is 4. The first-order valence-electron chi connectivity index (χ1n) is 11.2. The van der Waals surface area contributed by atoms with Gasteiger partial charge in [-0.25, -0.2) is 4.79 Å². The first kappa shape index (κ1) is 24.1. The molecule has 0 bridgehead atoms. The smallest absolute Gasteiger partial charge is 0.341 e. The Morgan fingerprint density at radius 3 is 2.24 bits per heavy atom. The fourth-order valence-electron chi connectivity index (χ4n) is 4.25. The van der Waals surface area contributed by atoms with Crippen molar-refractivity contribution in [2.24, 2.45) is 0 Å². The zero-order chi connectivity index (χ0) is 24.1. The van der Waals surface area contributed by atoms with Gasteiger partial charge in [-0.3, -0.25) is 4.79 Å². The van der Waals surface area contributed by atoms with E-state index in [4.69, 9.17) is 9.47 Å². The van der Waals surface area contributed by atoms with E-state index in [0.29, 0.717) is 6.54 Å². The predicted octanol–water partition coefficient (Wildman–Crippen LogP) is 5.43. The standard InChI is InChI=1S/C24H23NO5.C3H8/c1-4-16-17-9-10-25-13-20(24(27)28)22(26)12-21(25)19(17)11-18(23(16)30-3)14-5-7-15(29-2)8-6-14;1-3-2/h5-8,11-13H,4,9-10H2,1-3H3,(H,27,28);3H2,1-2H3. The van der Waals surface area contributed by atoms with Crippen molar-refractivity contribution in [3.63, 3.8) is 0 Å². The highest BCUT2D eigenvalue weighted by Crippen LogP contribution is 2.43. The van der Waals surface area contributed by atoms with E-state index in [2.05, 4.69) is 20.8 Å². The van der Waals surface area contributed by atoms with Crippen LogP contribution < -0.4 is 14.9 Å². The fraction of sp³-hybridized carbons (Fsp3) is 0.333. The number of pyridine rings is 1. The summed E-state index contributed by atoms with van der Waals surface area (Å²) in [4.78, 5) is 23.8. The zero-order valence-corrected chi connectivity index (χ0v) is 19.9. The Kier molecular flexibility index (Phi) is 7.59. The first-order valence-corrected chi connectivity index (χ1v) is 11.2. The molecule has 0 amide bonds. The van der Waals surface area contributed by atoms with Crippen LogP contribution in [0.15, 0.2) is 47.4 Å². The lowest BCUT2D eigenvalue weighted by atomic mass is 9.86. The van der Waals surface area contributed by atoms with Gasteiger partial charge in [0.2, 0.25) is 0 Å². The Bertz CT molecular complexity index is 1210. The van der Waals surface area contributed by atoms with Crippen LogP contribution in [0.5, 0.6) is 11.5 Å². The van der Waals surface area contributed by atoms with Crippen molar-refractivity contribution in [2.75, 3.05) is 14.2 Å². The number of ether oxygens (including phenoxy) is 2. The minimum absolute atomic E-state index is 0.207. The second-order valence-corrected chi connectivity index (χ2v) is 7.94. The summed E-state index contributed by atoms with van der Waals surface area (Å²) in [6.45, 7) is 6.95. The van der Waals surface area contributed by atoms with Crippen LogP contribution in [0.2, 0.25) is 0 Å². The lowest BCUT2D eigenvalue weighted by Gasteiger charge is -2.27. The maximum absolute atomic E-state index is 12.4. The van der Waals surface area contributed by atoms with Crippen molar-refractivity contribution in [3.8, 4) is 33.9 Å². The molecule has 6 nitrogen and oxygen atoms in total. The highest BCUT2D eigenvalue weighted by atomic mass is 16.5. The molecule has 0 spiro atoms. The van der Waals surface area contributed by atoms with Gasteiger partial charge in [-0.2, -0.15) is 0 Å². The van der Waals surface area contributed by atoms with E-state index in [9.17, 15) is 14.7 Å². The number of carboxylic acid groups (broad SMARTS) is 1. The topological polar surface area (TPSA) is 77.8 Å². The van der Waals surface area contributed by atoms with Gasteiger partial charge in [-0.05, 0) is 47.7 Å². The van der Waals surface area contributed by atoms with Gasteiger partial charge >= 0.3 is 5.97 Å². The number of fused-ring (bicyclic) bond motifs is 3. The number of carboxylic acids is 1. The number of carbonyl (C=O) groups is 1. The maximum Gasteiger partial charge on any atom is 0.341 e. The molecule has 0 saturated heterocycles. The van der Waals surface area contributed by atoms with Crippen LogP contribution >= 0.6 is 0 Å². The molecule has 1 aromatic heterocycles. The molecule has 1 N–H and O–H groups in total. The molecule has 0 aliphatic carbocycles. The molecule has 0 atom stereocenters. The number of benzene rings is 2. The molecule has 33 heavy (non-hydrogen) atoms. The van der Waals surface area contributed by atoms with Crippen molar-refractivity contribution < 1.29 is 19.4 Å². The predicted molar refractivity (Wildman–Crippen MR) is 131 cm³/mol. The van der Waals surface area contributed by atoms with Gasteiger partial charge in [0.05, 0.1) is 19.9 Å². The lowest BCUT2D eigenvalue weighted by molar-refractivity contribution is 0.0694. The maximum atomic E-state index is 12.4. The second-order valence-electron chi connectivity index (χ2n) is 7.94. The number of nitrogens with zero attached hydrogens (tertiary/aromatic N) is 1. The van der Waals surface area contributed by atoms with E-state index >= 15 is 0 Å². The number of methoxy groups -OCH3 is 2. The van der Waals surface area contributed by atoms with Crippen molar-refractivity contribution in [1.29, 1.82) is 0 Å². The molecule has 6 heteroatoms. The molecule has 2 aromatic carbocycles. The van der Waals surface area contributed by atoms with Crippen molar-refractivity contribution >= 4 is 5.97 Å². The molecule has 3 aromatic rings. The van der Waals surface area contributed by atoms with Gasteiger partial charge in [-0.15, -0.1) is 0 Å². The van der Waals surface area contributed by atoms with Crippen molar-refractivity contribution in [3.05, 3.63) is 69.5 Å². The van der Waals surface area contributed by atoms with E-state index in [1.807, 2.05) is 34.9 Å². The quantitative estimate of drug-likeness (QED) is 0.562. The molecule has 0 saturated carbocycles. The van der Waals surface area contributed by atoms with Gasteiger partial charge in [0.15, 0.2) is 5.43 Å². The summed E-state index contributed by atoms with van der Waals surface area (Å²) in [7, 11) is 3.30. The summed E-state index contributed by atoms with van der Waals surface area (Å²) < 4.78 is 13.0. The highest BCUT2D eigenvalue weighted by molar-refractivity contribution is 5.88. The minimum Gasteiger partial charge on any atom is -0.497 e. The summed E-state index contributed by atoms with van der Waals surface area (Å²) >= 11 is 0. The molecular weight excluding hydrogens is 418 g/mol. The van der Waals surface area contributed by atoms with Gasteiger partial charge in [-0.1, -0.05) is 39.3 Å². The van der Waals surface area contributed by atoms with E-state index in [-0.39, 0.29) is 5.56 Å². The number of hydrogen-bond donors (Lipinski definition) is 1. The zero-order valence-electron chi connectivity index (χ0n) is 19.9. The van der Waals surface area contributed by atoms with Gasteiger partial charge in [0.25, 0.3) is 0 Å². The number of rotatable bonds is 5. The molecule has 4 rings (SSSR count). The molecule has 2 heterocycles. The summed E-state index contributed by atoms with van der Waals surface area (Å²) in [5, 5.41) is 9.31. The summed E-state index contributed by atoms with van der Waals surface area (Å²) in [6, 6.07) is 11.2. The monoisotopic (exact) mass is 449 g/mol. The van der Waals surface area contributed by atoms with Crippen molar-refractivity contribution in [2.45, 2.75) is 46.6 Å². The van der Waals surface area contributed by atoms with Gasteiger partial charge in [0, 0.05) is 29.9 Å². The third-order valence-electron chi connectivity index (χ3n) is 5.69. The highest BCUT2D eigenvalue weighted by Gasteiger charge is 2.25. The lowest BCUT2D eigenvalue weighted by Crippen LogP contribution is -2.22. The summed E-state index contributed by atoms with van der Waals surface area (Å²) in [5.41, 5.74) is 5.15. The Balaban J connectivity index is 0.000000968.